The van der Waals surface area contributed by atoms with Crippen LogP contribution in [0.4, 0.5) is 0 Å². The summed E-state index contributed by atoms with van der Waals surface area (Å²) in [7, 11) is 0. The molecule has 102 valence electrons. The lowest BCUT2D eigenvalue weighted by Gasteiger charge is -2.13. The first-order valence-corrected chi connectivity index (χ1v) is 7.30. The van der Waals surface area contributed by atoms with Gasteiger partial charge in [-0.05, 0) is 12.3 Å². The van der Waals surface area contributed by atoms with E-state index >= 15 is 0 Å². The van der Waals surface area contributed by atoms with Gasteiger partial charge in [0.1, 0.15) is 0 Å². The molecule has 1 heterocycles. The normalized spacial score (nSPS) is 12.6. The summed E-state index contributed by atoms with van der Waals surface area (Å²) in [5.74, 6) is -0.372. The van der Waals surface area contributed by atoms with Gasteiger partial charge < -0.3 is 9.84 Å². The lowest BCUT2D eigenvalue weighted by molar-refractivity contribution is 0.0692. The minimum Gasteiger partial charge on any atom is -0.476 e. The van der Waals surface area contributed by atoms with Crippen molar-refractivity contribution in [2.75, 3.05) is 6.61 Å². The van der Waals surface area contributed by atoms with Gasteiger partial charge in [-0.3, -0.25) is 0 Å². The number of hydrogen-bond donors (Lipinski definition) is 1. The maximum atomic E-state index is 10.7. The standard InChI is InChI=1S/C13H21NO3S/c1-3-5-6-10(4-2)7-17-8-11-9-18-12(14-11)13(15)16/h9-10H,3-8H2,1-2H3,(H,15,16). The summed E-state index contributed by atoms with van der Waals surface area (Å²) < 4.78 is 5.61. The number of carboxylic acids is 1. The molecule has 1 N–H and O–H groups in total. The quantitative estimate of drug-likeness (QED) is 0.746. The molecule has 0 aromatic carbocycles. The first kappa shape index (κ1) is 15.1. The van der Waals surface area contributed by atoms with Gasteiger partial charge in [0.2, 0.25) is 5.01 Å². The molecule has 0 spiro atoms. The van der Waals surface area contributed by atoms with E-state index in [1.807, 2.05) is 0 Å². The van der Waals surface area contributed by atoms with Gasteiger partial charge in [-0.15, -0.1) is 11.3 Å². The van der Waals surface area contributed by atoms with Crippen LogP contribution >= 0.6 is 11.3 Å². The molecule has 1 atom stereocenters. The third-order valence-electron chi connectivity index (χ3n) is 2.88. The number of aromatic carboxylic acids is 1. The van der Waals surface area contributed by atoms with E-state index in [0.717, 1.165) is 24.4 Å². The number of unbranched alkanes of at least 4 members (excludes halogenated alkanes) is 1. The zero-order valence-corrected chi connectivity index (χ0v) is 11.8. The van der Waals surface area contributed by atoms with Gasteiger partial charge in [0.05, 0.1) is 12.3 Å². The molecule has 4 nitrogen and oxygen atoms in total. The fourth-order valence-electron chi connectivity index (χ4n) is 1.70. The van der Waals surface area contributed by atoms with Crippen LogP contribution in [0.25, 0.3) is 0 Å². The van der Waals surface area contributed by atoms with Crippen LogP contribution in [0.1, 0.15) is 55.0 Å². The number of aromatic nitrogens is 1. The number of rotatable bonds is 9. The van der Waals surface area contributed by atoms with Crippen molar-refractivity contribution in [3.63, 3.8) is 0 Å². The Balaban J connectivity index is 2.28. The zero-order valence-electron chi connectivity index (χ0n) is 11.0. The Bertz CT molecular complexity index is 365. The highest BCUT2D eigenvalue weighted by atomic mass is 32.1. The van der Waals surface area contributed by atoms with Crippen LogP contribution in [-0.2, 0) is 11.3 Å². The Hall–Kier alpha value is -0.940. The molecule has 0 radical (unpaired) electrons. The van der Waals surface area contributed by atoms with Crippen molar-refractivity contribution < 1.29 is 14.6 Å². The van der Waals surface area contributed by atoms with E-state index in [1.165, 1.54) is 19.3 Å². The second-order valence-corrected chi connectivity index (χ2v) is 5.24. The zero-order chi connectivity index (χ0) is 13.4. The molecule has 1 unspecified atom stereocenters. The van der Waals surface area contributed by atoms with Crippen LogP contribution < -0.4 is 0 Å². The lowest BCUT2D eigenvalue weighted by atomic mass is 10.0. The fraction of sp³-hybridized carbons (Fsp3) is 0.692. The molecule has 1 aromatic rings. The van der Waals surface area contributed by atoms with Gasteiger partial charge >= 0.3 is 5.97 Å². The monoisotopic (exact) mass is 271 g/mol. The number of ether oxygens (including phenoxy) is 1. The number of carboxylic acid groups (broad SMARTS) is 1. The van der Waals surface area contributed by atoms with E-state index in [4.69, 9.17) is 9.84 Å². The summed E-state index contributed by atoms with van der Waals surface area (Å²) in [4.78, 5) is 14.7. The predicted molar refractivity (Wildman–Crippen MR) is 72.0 cm³/mol. The Morgan fingerprint density at radius 3 is 2.89 bits per heavy atom. The third-order valence-corrected chi connectivity index (χ3v) is 3.76. The highest BCUT2D eigenvalue weighted by Gasteiger charge is 2.10. The number of hydrogen-bond acceptors (Lipinski definition) is 4. The van der Waals surface area contributed by atoms with Gasteiger partial charge in [0.25, 0.3) is 0 Å². The van der Waals surface area contributed by atoms with E-state index in [0.29, 0.717) is 18.2 Å². The molecule has 1 rings (SSSR count). The van der Waals surface area contributed by atoms with Crippen molar-refractivity contribution in [1.82, 2.24) is 4.98 Å². The smallest absolute Gasteiger partial charge is 0.365 e. The minimum atomic E-state index is -0.972. The molecular weight excluding hydrogens is 250 g/mol. The first-order valence-electron chi connectivity index (χ1n) is 6.42. The Labute approximate surface area is 112 Å². The molecule has 0 bridgehead atoms. The van der Waals surface area contributed by atoms with Crippen LogP contribution in [0, 0.1) is 5.92 Å². The maximum Gasteiger partial charge on any atom is 0.365 e. The van der Waals surface area contributed by atoms with Crippen LogP contribution in [0.3, 0.4) is 0 Å². The molecule has 0 aliphatic rings. The SMILES string of the molecule is CCCCC(CC)COCc1csc(C(=O)O)n1. The molecule has 0 saturated carbocycles. The van der Waals surface area contributed by atoms with E-state index in [1.54, 1.807) is 5.38 Å². The van der Waals surface area contributed by atoms with Crippen molar-refractivity contribution in [3.8, 4) is 0 Å². The van der Waals surface area contributed by atoms with Gasteiger partial charge in [0, 0.05) is 12.0 Å². The Morgan fingerprint density at radius 1 is 1.56 bits per heavy atom. The largest absolute Gasteiger partial charge is 0.476 e. The molecule has 18 heavy (non-hydrogen) atoms. The highest BCUT2D eigenvalue weighted by molar-refractivity contribution is 7.11. The van der Waals surface area contributed by atoms with E-state index < -0.39 is 5.97 Å². The summed E-state index contributed by atoms with van der Waals surface area (Å²) >= 11 is 1.15. The Morgan fingerprint density at radius 2 is 2.33 bits per heavy atom. The highest BCUT2D eigenvalue weighted by Crippen LogP contribution is 2.15. The molecule has 0 amide bonds. The second-order valence-electron chi connectivity index (χ2n) is 4.38. The number of thiazole rings is 1. The van der Waals surface area contributed by atoms with Crippen LogP contribution in [-0.4, -0.2) is 22.7 Å². The van der Waals surface area contributed by atoms with Crippen molar-refractivity contribution >= 4 is 17.3 Å². The van der Waals surface area contributed by atoms with E-state index in [-0.39, 0.29) is 5.01 Å². The van der Waals surface area contributed by atoms with Crippen molar-refractivity contribution in [2.45, 2.75) is 46.1 Å². The molecule has 0 aliphatic carbocycles. The molecule has 5 heteroatoms. The van der Waals surface area contributed by atoms with Crippen molar-refractivity contribution in [2.24, 2.45) is 5.92 Å². The molecule has 0 aliphatic heterocycles. The topological polar surface area (TPSA) is 59.4 Å². The minimum absolute atomic E-state index is 0.131. The maximum absolute atomic E-state index is 10.7. The van der Waals surface area contributed by atoms with Crippen molar-refractivity contribution in [3.05, 3.63) is 16.1 Å². The number of nitrogens with zero attached hydrogens (tertiary/aromatic N) is 1. The van der Waals surface area contributed by atoms with Crippen LogP contribution in [0.5, 0.6) is 0 Å². The lowest BCUT2D eigenvalue weighted by Crippen LogP contribution is -2.09. The van der Waals surface area contributed by atoms with Crippen LogP contribution in [0.15, 0.2) is 5.38 Å². The van der Waals surface area contributed by atoms with Gasteiger partial charge in [0.15, 0.2) is 0 Å². The fourth-order valence-corrected chi connectivity index (χ4v) is 2.34. The molecule has 0 saturated heterocycles. The van der Waals surface area contributed by atoms with Gasteiger partial charge in [-0.25, -0.2) is 9.78 Å². The summed E-state index contributed by atoms with van der Waals surface area (Å²) in [6, 6.07) is 0. The second kappa shape index (κ2) is 8.21. The summed E-state index contributed by atoms with van der Waals surface area (Å²) in [6.45, 7) is 5.51. The predicted octanol–water partition coefficient (Wildman–Crippen LogP) is 3.57. The van der Waals surface area contributed by atoms with E-state index in [2.05, 4.69) is 18.8 Å². The summed E-state index contributed by atoms with van der Waals surface area (Å²) in [6.07, 6.45) is 4.77. The molecule has 0 fully saturated rings. The molecular formula is C13H21NO3S. The first-order chi connectivity index (χ1) is 8.67. The van der Waals surface area contributed by atoms with Gasteiger partial charge in [-0.1, -0.05) is 33.1 Å². The summed E-state index contributed by atoms with van der Waals surface area (Å²) in [5, 5.41) is 10.6. The number of carbonyl (C=O) groups is 1. The van der Waals surface area contributed by atoms with E-state index in [9.17, 15) is 4.79 Å². The average Bonchev–Trinajstić information content (AvgIpc) is 2.82. The van der Waals surface area contributed by atoms with Gasteiger partial charge in [-0.2, -0.15) is 0 Å². The Kier molecular flexibility index (Phi) is 6.90. The van der Waals surface area contributed by atoms with Crippen LogP contribution in [0.2, 0.25) is 0 Å². The van der Waals surface area contributed by atoms with Crippen molar-refractivity contribution in [1.29, 1.82) is 0 Å². The third kappa shape index (κ3) is 5.14. The summed E-state index contributed by atoms with van der Waals surface area (Å²) in [5.41, 5.74) is 0.711. The average molecular weight is 271 g/mol. The molecule has 1 aromatic heterocycles.